The van der Waals surface area contributed by atoms with Gasteiger partial charge in [0.25, 0.3) is 0 Å². The number of hydrogen-bond acceptors (Lipinski definition) is 5. The van der Waals surface area contributed by atoms with E-state index in [4.69, 9.17) is 9.47 Å². The summed E-state index contributed by atoms with van der Waals surface area (Å²) in [4.78, 5) is 38.2. The summed E-state index contributed by atoms with van der Waals surface area (Å²) in [6.45, 7) is 0.741. The van der Waals surface area contributed by atoms with E-state index in [0.29, 0.717) is 18.0 Å². The number of rotatable bonds is 5. The summed E-state index contributed by atoms with van der Waals surface area (Å²) in [5.74, 6) is 0.686. The normalized spacial score (nSPS) is 23.9. The maximum absolute atomic E-state index is 12.4. The molecule has 2 aliphatic heterocycles. The van der Waals surface area contributed by atoms with Crippen molar-refractivity contribution in [2.45, 2.75) is 38.6 Å². The number of likely N-dealkylation sites (tertiary alicyclic amines) is 1. The predicted octanol–water partition coefficient (Wildman–Crippen LogP) is 1.60. The quantitative estimate of drug-likeness (QED) is 0.808. The van der Waals surface area contributed by atoms with Crippen LogP contribution in [0.2, 0.25) is 0 Å². The average Bonchev–Trinajstić information content (AvgIpc) is 3.22. The van der Waals surface area contributed by atoms with Crippen molar-refractivity contribution >= 4 is 17.7 Å². The molecule has 4 rings (SSSR count). The lowest BCUT2D eigenvalue weighted by molar-refractivity contribution is -0.140. The van der Waals surface area contributed by atoms with Crippen LogP contribution in [0.1, 0.15) is 37.7 Å². The minimum Gasteiger partial charge on any atom is -0.454 e. The molecule has 2 fully saturated rings. The Kier molecular flexibility index (Phi) is 4.53. The van der Waals surface area contributed by atoms with Crippen molar-refractivity contribution in [1.29, 1.82) is 0 Å². The Morgan fingerprint density at radius 2 is 1.77 bits per heavy atom. The van der Waals surface area contributed by atoms with Crippen LogP contribution in [-0.2, 0) is 20.9 Å². The first kappa shape index (κ1) is 16.9. The molecule has 0 bridgehead atoms. The maximum Gasteiger partial charge on any atom is 0.233 e. The molecule has 0 aromatic heterocycles. The van der Waals surface area contributed by atoms with Crippen LogP contribution in [0.3, 0.4) is 0 Å². The molecule has 1 saturated carbocycles. The minimum absolute atomic E-state index is 0.0942. The average molecular weight is 358 g/mol. The highest BCUT2D eigenvalue weighted by Crippen LogP contribution is 2.38. The van der Waals surface area contributed by atoms with Gasteiger partial charge in [0.2, 0.25) is 24.5 Å². The molecule has 26 heavy (non-hydrogen) atoms. The lowest BCUT2D eigenvalue weighted by Gasteiger charge is -2.19. The Bertz CT molecular complexity index is 723. The molecule has 1 aromatic rings. The summed E-state index contributed by atoms with van der Waals surface area (Å²) in [5, 5.41) is 2.82. The summed E-state index contributed by atoms with van der Waals surface area (Å²) in [6, 6.07) is 5.51. The van der Waals surface area contributed by atoms with E-state index in [-0.39, 0.29) is 49.3 Å². The minimum atomic E-state index is -0.182. The van der Waals surface area contributed by atoms with Gasteiger partial charge in [-0.05, 0) is 30.5 Å². The van der Waals surface area contributed by atoms with E-state index in [1.807, 2.05) is 18.2 Å². The number of nitrogens with one attached hydrogen (secondary N) is 1. The second-order valence-corrected chi connectivity index (χ2v) is 7.04. The van der Waals surface area contributed by atoms with Crippen LogP contribution < -0.4 is 14.8 Å². The number of imide groups is 1. The third-order valence-electron chi connectivity index (χ3n) is 5.42. The van der Waals surface area contributed by atoms with Crippen LogP contribution >= 0.6 is 0 Å². The Morgan fingerprint density at radius 1 is 1.08 bits per heavy atom. The summed E-state index contributed by atoms with van der Waals surface area (Å²) >= 11 is 0. The van der Waals surface area contributed by atoms with Gasteiger partial charge in [0.1, 0.15) is 0 Å². The number of amides is 3. The molecule has 0 unspecified atom stereocenters. The fourth-order valence-corrected chi connectivity index (χ4v) is 4.00. The summed E-state index contributed by atoms with van der Waals surface area (Å²) in [5.41, 5.74) is 0.905. The molecule has 1 N–H and O–H groups in total. The van der Waals surface area contributed by atoms with E-state index >= 15 is 0 Å². The van der Waals surface area contributed by atoms with Gasteiger partial charge in [-0.15, -0.1) is 0 Å². The van der Waals surface area contributed by atoms with Crippen molar-refractivity contribution in [2.24, 2.45) is 11.8 Å². The molecule has 0 spiro atoms. The van der Waals surface area contributed by atoms with Crippen LogP contribution in [0.15, 0.2) is 18.2 Å². The molecule has 0 radical (unpaired) electrons. The zero-order chi connectivity index (χ0) is 18.1. The number of nitrogens with zero attached hydrogens (tertiary/aromatic N) is 1. The third-order valence-corrected chi connectivity index (χ3v) is 5.42. The van der Waals surface area contributed by atoms with E-state index in [1.54, 1.807) is 0 Å². The number of fused-ring (bicyclic) bond motifs is 2. The fourth-order valence-electron chi connectivity index (χ4n) is 4.00. The van der Waals surface area contributed by atoms with Crippen molar-refractivity contribution in [3.63, 3.8) is 0 Å². The largest absolute Gasteiger partial charge is 0.454 e. The molecule has 3 aliphatic rings. The lowest BCUT2D eigenvalue weighted by Crippen LogP contribution is -2.35. The maximum atomic E-state index is 12.4. The van der Waals surface area contributed by atoms with Gasteiger partial charge >= 0.3 is 0 Å². The van der Waals surface area contributed by atoms with E-state index in [0.717, 1.165) is 31.2 Å². The Hall–Kier alpha value is -2.57. The van der Waals surface area contributed by atoms with Gasteiger partial charge in [0.15, 0.2) is 11.5 Å². The molecular formula is C19H22N2O5. The van der Waals surface area contributed by atoms with Crippen molar-refractivity contribution in [3.05, 3.63) is 23.8 Å². The first-order chi connectivity index (χ1) is 12.6. The molecular weight excluding hydrogens is 336 g/mol. The van der Waals surface area contributed by atoms with Crippen molar-refractivity contribution in [3.8, 4) is 11.5 Å². The van der Waals surface area contributed by atoms with E-state index in [9.17, 15) is 14.4 Å². The number of carbonyl (C=O) groups is 3. The second-order valence-electron chi connectivity index (χ2n) is 7.04. The Labute approximate surface area is 151 Å². The highest BCUT2D eigenvalue weighted by atomic mass is 16.7. The highest BCUT2D eigenvalue weighted by molar-refractivity contribution is 6.05. The second kappa shape index (κ2) is 6.97. The van der Waals surface area contributed by atoms with Gasteiger partial charge in [-0.3, -0.25) is 19.3 Å². The van der Waals surface area contributed by atoms with Gasteiger partial charge < -0.3 is 14.8 Å². The fraction of sp³-hybridized carbons (Fsp3) is 0.526. The number of carbonyl (C=O) groups excluding carboxylic acids is 3. The van der Waals surface area contributed by atoms with Crippen LogP contribution in [-0.4, -0.2) is 36.0 Å². The molecule has 3 amide bonds. The molecule has 1 aliphatic carbocycles. The van der Waals surface area contributed by atoms with Crippen molar-refractivity contribution in [1.82, 2.24) is 10.2 Å². The number of ether oxygens (including phenoxy) is 2. The van der Waals surface area contributed by atoms with E-state index in [1.165, 1.54) is 4.90 Å². The first-order valence-corrected chi connectivity index (χ1v) is 9.14. The molecule has 2 atom stereocenters. The Morgan fingerprint density at radius 3 is 2.50 bits per heavy atom. The highest BCUT2D eigenvalue weighted by Gasteiger charge is 2.47. The van der Waals surface area contributed by atoms with Crippen molar-refractivity contribution in [2.75, 3.05) is 13.3 Å². The molecule has 138 valence electrons. The monoisotopic (exact) mass is 358 g/mol. The Balaban J connectivity index is 1.27. The van der Waals surface area contributed by atoms with Crippen molar-refractivity contribution < 1.29 is 23.9 Å². The standard InChI is InChI=1S/C19H22N2O5/c22-17(20-10-12-5-6-15-16(9-12)26-11-25-15)7-8-21-18(23)13-3-1-2-4-14(13)19(21)24/h5-6,9,13-14H,1-4,7-8,10-11H2,(H,20,22)/t13-,14-/m0/s1. The van der Waals surface area contributed by atoms with Gasteiger partial charge in [-0.25, -0.2) is 0 Å². The first-order valence-electron chi connectivity index (χ1n) is 9.14. The van der Waals surface area contributed by atoms with Gasteiger partial charge in [-0.2, -0.15) is 0 Å². The van der Waals surface area contributed by atoms with Gasteiger partial charge in [0.05, 0.1) is 11.8 Å². The molecule has 7 nitrogen and oxygen atoms in total. The number of benzene rings is 1. The van der Waals surface area contributed by atoms with Gasteiger partial charge in [-0.1, -0.05) is 18.9 Å². The number of hydrogen-bond donors (Lipinski definition) is 1. The summed E-state index contributed by atoms with van der Waals surface area (Å²) in [6.07, 6.45) is 3.72. The molecule has 7 heteroatoms. The van der Waals surface area contributed by atoms with Crippen LogP contribution in [0.5, 0.6) is 11.5 Å². The van der Waals surface area contributed by atoms with Crippen LogP contribution in [0, 0.1) is 11.8 Å². The van der Waals surface area contributed by atoms with E-state index in [2.05, 4.69) is 5.32 Å². The van der Waals surface area contributed by atoms with Crippen LogP contribution in [0.25, 0.3) is 0 Å². The molecule has 1 aromatic carbocycles. The summed E-state index contributed by atoms with van der Waals surface area (Å²) < 4.78 is 10.6. The predicted molar refractivity (Wildman–Crippen MR) is 91.2 cm³/mol. The van der Waals surface area contributed by atoms with Gasteiger partial charge in [0, 0.05) is 19.5 Å². The zero-order valence-electron chi connectivity index (χ0n) is 14.5. The SMILES string of the molecule is O=C(CCN1C(=O)[C@H]2CCCC[C@@H]2C1=O)NCc1ccc2c(c1)OCO2. The summed E-state index contributed by atoms with van der Waals surface area (Å²) in [7, 11) is 0. The van der Waals surface area contributed by atoms with Crippen LogP contribution in [0.4, 0.5) is 0 Å². The lowest BCUT2D eigenvalue weighted by atomic mass is 9.81. The smallest absolute Gasteiger partial charge is 0.233 e. The topological polar surface area (TPSA) is 84.9 Å². The van der Waals surface area contributed by atoms with E-state index < -0.39 is 0 Å². The molecule has 1 saturated heterocycles. The molecule has 2 heterocycles. The zero-order valence-corrected chi connectivity index (χ0v) is 14.5. The third kappa shape index (κ3) is 3.13.